The molecule has 0 aliphatic heterocycles. The van der Waals surface area contributed by atoms with E-state index in [1.54, 1.807) is 12.1 Å². The summed E-state index contributed by atoms with van der Waals surface area (Å²) in [4.78, 5) is 32.7. The number of hydrazine groups is 1. The lowest BCUT2D eigenvalue weighted by atomic mass is 10.1. The lowest BCUT2D eigenvalue weighted by Gasteiger charge is -2.11. The molecule has 0 saturated carbocycles. The Bertz CT molecular complexity index is 846. The minimum absolute atomic E-state index is 0.0110. The van der Waals surface area contributed by atoms with E-state index in [2.05, 4.69) is 16.0 Å². The Hall–Kier alpha value is -3.88. The maximum atomic E-state index is 12.0. The molecule has 2 amide bonds. The third-order valence-corrected chi connectivity index (χ3v) is 3.12. The lowest BCUT2D eigenvalue weighted by molar-refractivity contribution is -0.113. The fourth-order valence-electron chi connectivity index (χ4n) is 1.81. The molecule has 0 unspecified atom stereocenters. The van der Waals surface area contributed by atoms with E-state index in [-0.39, 0.29) is 11.3 Å². The molecule has 0 atom stereocenters. The Morgan fingerprint density at radius 2 is 1.64 bits per heavy atom. The number of carbonyl (C=O) groups excluding carboxylic acids is 2. The second kappa shape index (κ2) is 7.59. The zero-order valence-electron chi connectivity index (χ0n) is 12.6. The Morgan fingerprint density at radius 3 is 2.28 bits per heavy atom. The number of amides is 2. The molecule has 25 heavy (non-hydrogen) atoms. The molecule has 0 aliphatic carbocycles. The van der Waals surface area contributed by atoms with Gasteiger partial charge in [0, 0.05) is 16.8 Å². The number of hydrogen-bond acceptors (Lipinski definition) is 7. The number of anilines is 1. The molecule has 5 N–H and O–H groups in total. The van der Waals surface area contributed by atoms with Crippen molar-refractivity contribution < 1.29 is 24.9 Å². The van der Waals surface area contributed by atoms with Crippen LogP contribution in [0.25, 0.3) is 6.08 Å². The molecule has 0 bridgehead atoms. The van der Waals surface area contributed by atoms with Gasteiger partial charge in [0.1, 0.15) is 5.69 Å². The lowest BCUT2D eigenvalue weighted by Crippen LogP contribution is -2.29. The Morgan fingerprint density at radius 1 is 0.960 bits per heavy atom. The predicted octanol–water partition coefficient (Wildman–Crippen LogP) is 1.87. The number of nitrogens with one attached hydrogen (secondary N) is 2. The van der Waals surface area contributed by atoms with Crippen LogP contribution in [-0.2, 0) is 4.79 Å². The molecule has 0 aromatic heterocycles. The van der Waals surface area contributed by atoms with E-state index in [0.29, 0.717) is 5.56 Å². The second-order valence-electron chi connectivity index (χ2n) is 4.79. The third-order valence-electron chi connectivity index (χ3n) is 3.12. The number of aromatic hydroxyl groups is 3. The molecular weight excluding hydrogens is 330 g/mol. The number of benzene rings is 2. The number of nitrogens with zero attached hydrogens (tertiary/aromatic N) is 1. The number of hydrogen-bond donors (Lipinski definition) is 5. The molecule has 0 radical (unpaired) electrons. The molecule has 2 rings (SSSR count). The van der Waals surface area contributed by atoms with Gasteiger partial charge in [-0.3, -0.25) is 20.4 Å². The van der Waals surface area contributed by atoms with Gasteiger partial charge in [-0.05, 0) is 35.9 Å². The van der Waals surface area contributed by atoms with Crippen LogP contribution in [-0.4, -0.2) is 27.1 Å². The zero-order chi connectivity index (χ0) is 18.4. The molecule has 0 fully saturated rings. The van der Waals surface area contributed by atoms with Crippen molar-refractivity contribution in [1.82, 2.24) is 5.43 Å². The summed E-state index contributed by atoms with van der Waals surface area (Å²) >= 11 is 0. The third kappa shape index (κ3) is 4.32. The molecule has 0 heterocycles. The van der Waals surface area contributed by atoms with Crippen LogP contribution in [0.2, 0.25) is 0 Å². The average Bonchev–Trinajstić information content (AvgIpc) is 2.63. The van der Waals surface area contributed by atoms with Crippen LogP contribution < -0.4 is 10.9 Å². The fraction of sp³-hybridized carbons (Fsp3) is 0. The number of phenols is 3. The fourth-order valence-corrected chi connectivity index (χ4v) is 1.81. The molecule has 0 aliphatic rings. The van der Waals surface area contributed by atoms with Crippen molar-refractivity contribution in [3.05, 3.63) is 58.5 Å². The number of rotatable bonds is 5. The topological polar surface area (TPSA) is 148 Å². The van der Waals surface area contributed by atoms with Crippen LogP contribution in [0.1, 0.15) is 15.9 Å². The van der Waals surface area contributed by atoms with Crippen LogP contribution in [0.15, 0.2) is 47.7 Å². The Labute approximate surface area is 141 Å². The summed E-state index contributed by atoms with van der Waals surface area (Å²) in [6.45, 7) is 0. The zero-order valence-corrected chi connectivity index (χ0v) is 12.6. The van der Waals surface area contributed by atoms with Crippen molar-refractivity contribution >= 4 is 23.6 Å². The van der Waals surface area contributed by atoms with Gasteiger partial charge in [-0.2, -0.15) is 0 Å². The van der Waals surface area contributed by atoms with E-state index in [4.69, 9.17) is 0 Å². The summed E-state index contributed by atoms with van der Waals surface area (Å²) in [5.41, 5.74) is 5.57. The van der Waals surface area contributed by atoms with Gasteiger partial charge in [0.2, 0.25) is 5.75 Å². The van der Waals surface area contributed by atoms with Gasteiger partial charge in [0.05, 0.1) is 0 Å². The highest BCUT2D eigenvalue weighted by molar-refractivity contribution is 5.95. The van der Waals surface area contributed by atoms with Crippen molar-refractivity contribution in [2.45, 2.75) is 0 Å². The maximum absolute atomic E-state index is 12.0. The molecule has 0 spiro atoms. The molecule has 9 nitrogen and oxygen atoms in total. The van der Waals surface area contributed by atoms with E-state index < -0.39 is 29.1 Å². The van der Waals surface area contributed by atoms with Crippen molar-refractivity contribution in [2.75, 3.05) is 5.43 Å². The summed E-state index contributed by atoms with van der Waals surface area (Å²) in [6.07, 6.45) is 2.38. The summed E-state index contributed by atoms with van der Waals surface area (Å²) in [6, 6.07) is 8.45. The monoisotopic (exact) mass is 343 g/mol. The first-order chi connectivity index (χ1) is 11.9. The van der Waals surface area contributed by atoms with Crippen LogP contribution in [0, 0.1) is 4.91 Å². The first-order valence-electron chi connectivity index (χ1n) is 6.88. The van der Waals surface area contributed by atoms with Gasteiger partial charge >= 0.3 is 5.91 Å². The Balaban J connectivity index is 2.02. The number of phenolic OH excluding ortho intramolecular Hbond substituents is 3. The van der Waals surface area contributed by atoms with Gasteiger partial charge in [0.25, 0.3) is 5.91 Å². The molecule has 128 valence electrons. The minimum Gasteiger partial charge on any atom is -0.504 e. The standard InChI is InChI=1S/C16H13N3O6/c20-12-7-6-11(14(22)15(12)23)17-18-16(24)10-4-1-9(2-5-10)3-8-13(21)19-25/h1-8,17,20,22-23H,(H,18,24)/b8-3+. The van der Waals surface area contributed by atoms with E-state index in [9.17, 15) is 29.8 Å². The molecular formula is C16H13N3O6. The normalized spacial score (nSPS) is 10.4. The molecule has 2 aromatic rings. The smallest absolute Gasteiger partial charge is 0.309 e. The second-order valence-corrected chi connectivity index (χ2v) is 4.79. The highest BCUT2D eigenvalue weighted by Gasteiger charge is 2.12. The first-order valence-corrected chi connectivity index (χ1v) is 6.88. The first kappa shape index (κ1) is 17.5. The number of carbonyl (C=O) groups is 2. The van der Waals surface area contributed by atoms with Crippen LogP contribution >= 0.6 is 0 Å². The van der Waals surface area contributed by atoms with Crippen molar-refractivity contribution in [3.8, 4) is 17.2 Å². The highest BCUT2D eigenvalue weighted by atomic mass is 16.3. The van der Waals surface area contributed by atoms with Gasteiger partial charge in [-0.25, -0.2) is 0 Å². The van der Waals surface area contributed by atoms with Gasteiger partial charge < -0.3 is 15.3 Å². The van der Waals surface area contributed by atoms with Gasteiger partial charge in [-0.15, -0.1) is 4.91 Å². The van der Waals surface area contributed by atoms with Crippen molar-refractivity contribution in [2.24, 2.45) is 5.18 Å². The average molecular weight is 343 g/mol. The SMILES string of the molecule is O=NC(=O)/C=C/c1ccc(C(=O)NNc2ccc(O)c(O)c2O)cc1. The number of nitroso groups, excluding NO2 is 1. The maximum Gasteiger partial charge on any atom is 0.309 e. The summed E-state index contributed by atoms with van der Waals surface area (Å²) < 4.78 is 0. The largest absolute Gasteiger partial charge is 0.504 e. The molecule has 2 aromatic carbocycles. The van der Waals surface area contributed by atoms with Crippen LogP contribution in [0.3, 0.4) is 0 Å². The minimum atomic E-state index is -0.914. The molecule has 9 heteroatoms. The quantitative estimate of drug-likeness (QED) is 0.183. The van der Waals surface area contributed by atoms with E-state index in [1.165, 1.54) is 24.3 Å². The predicted molar refractivity (Wildman–Crippen MR) is 88.8 cm³/mol. The van der Waals surface area contributed by atoms with Crippen LogP contribution in [0.5, 0.6) is 17.2 Å². The molecule has 0 saturated heterocycles. The summed E-state index contributed by atoms with van der Waals surface area (Å²) in [5.74, 6) is -3.28. The van der Waals surface area contributed by atoms with E-state index in [0.717, 1.165) is 12.1 Å². The van der Waals surface area contributed by atoms with Gasteiger partial charge in [0.15, 0.2) is 11.5 Å². The highest BCUT2D eigenvalue weighted by Crippen LogP contribution is 2.39. The van der Waals surface area contributed by atoms with Gasteiger partial charge in [-0.1, -0.05) is 12.1 Å². The van der Waals surface area contributed by atoms with Crippen molar-refractivity contribution in [1.29, 1.82) is 0 Å². The van der Waals surface area contributed by atoms with E-state index >= 15 is 0 Å². The van der Waals surface area contributed by atoms with Crippen LogP contribution in [0.4, 0.5) is 5.69 Å². The summed E-state index contributed by atoms with van der Waals surface area (Å²) in [5, 5.41) is 30.5. The van der Waals surface area contributed by atoms with Crippen molar-refractivity contribution in [3.63, 3.8) is 0 Å². The summed E-state index contributed by atoms with van der Waals surface area (Å²) in [7, 11) is 0. The van der Waals surface area contributed by atoms with E-state index in [1.807, 2.05) is 0 Å². The Kier molecular flexibility index (Phi) is 5.31.